The van der Waals surface area contributed by atoms with Crippen LogP contribution in [0.3, 0.4) is 0 Å². The fourth-order valence-electron chi connectivity index (χ4n) is 5.39. The lowest BCUT2D eigenvalue weighted by Gasteiger charge is -2.29. The standard InChI is InChI=1S/C35H29ClN4O2S/c1-20-25-11-4-6-13-27(25)32(28-14-7-5-12-26(20)28)33(37)21(2)38-35-40-30(19-43-35)22-9-8-10-23(17-22)34(41)39-24-15-16-31(42-3)29(36)18-24/h4-20H,2,37H2,1,3H3,(H,38,40)(H,39,41). The summed E-state index contributed by atoms with van der Waals surface area (Å²) in [4.78, 5) is 17.8. The number of rotatable bonds is 7. The van der Waals surface area contributed by atoms with Crippen molar-refractivity contribution in [3.8, 4) is 17.0 Å². The van der Waals surface area contributed by atoms with Crippen molar-refractivity contribution >= 4 is 45.2 Å². The molecule has 0 unspecified atom stereocenters. The minimum absolute atomic E-state index is 0.258. The lowest BCUT2D eigenvalue weighted by molar-refractivity contribution is 0.102. The monoisotopic (exact) mass is 604 g/mol. The van der Waals surface area contributed by atoms with Crippen LogP contribution in [0.15, 0.2) is 114 Å². The van der Waals surface area contributed by atoms with Crippen LogP contribution >= 0.6 is 22.9 Å². The molecule has 0 fully saturated rings. The maximum Gasteiger partial charge on any atom is 0.255 e. The number of carbonyl (C=O) groups excluding carboxylic acids is 1. The van der Waals surface area contributed by atoms with Crippen LogP contribution in [-0.4, -0.2) is 18.0 Å². The van der Waals surface area contributed by atoms with Crippen LogP contribution in [0.1, 0.15) is 45.5 Å². The van der Waals surface area contributed by atoms with Gasteiger partial charge in [-0.2, -0.15) is 0 Å². The van der Waals surface area contributed by atoms with E-state index in [2.05, 4.69) is 60.5 Å². The van der Waals surface area contributed by atoms with Crippen LogP contribution in [0.2, 0.25) is 5.02 Å². The molecule has 1 amide bonds. The fraction of sp³-hybridized carbons (Fsp3) is 0.0857. The molecule has 0 atom stereocenters. The number of halogens is 1. The molecule has 4 aromatic carbocycles. The predicted molar refractivity (Wildman–Crippen MR) is 177 cm³/mol. The highest BCUT2D eigenvalue weighted by Gasteiger charge is 2.27. The van der Waals surface area contributed by atoms with Crippen LogP contribution in [-0.2, 0) is 0 Å². The molecule has 1 aromatic heterocycles. The van der Waals surface area contributed by atoms with E-state index in [1.54, 1.807) is 31.4 Å². The van der Waals surface area contributed by atoms with Crippen LogP contribution in [0.5, 0.6) is 5.75 Å². The Morgan fingerprint density at radius 3 is 2.33 bits per heavy atom. The lowest BCUT2D eigenvalue weighted by atomic mass is 9.75. The molecule has 0 bridgehead atoms. The van der Waals surface area contributed by atoms with Gasteiger partial charge in [0.05, 0.1) is 29.2 Å². The predicted octanol–water partition coefficient (Wildman–Crippen LogP) is 8.53. The normalized spacial score (nSPS) is 13.5. The second kappa shape index (κ2) is 11.8. The molecule has 0 spiro atoms. The Kier molecular flexibility index (Phi) is 7.76. The molecule has 214 valence electrons. The van der Waals surface area contributed by atoms with E-state index in [0.29, 0.717) is 38.5 Å². The zero-order valence-corrected chi connectivity index (χ0v) is 25.2. The topological polar surface area (TPSA) is 89.3 Å². The Morgan fingerprint density at radius 1 is 0.953 bits per heavy atom. The minimum atomic E-state index is -0.258. The van der Waals surface area contributed by atoms with Gasteiger partial charge in [-0.05, 0) is 52.6 Å². The van der Waals surface area contributed by atoms with Gasteiger partial charge in [0.2, 0.25) is 0 Å². The van der Waals surface area contributed by atoms with Crippen molar-refractivity contribution in [2.75, 3.05) is 17.7 Å². The Morgan fingerprint density at radius 2 is 1.65 bits per heavy atom. The summed E-state index contributed by atoms with van der Waals surface area (Å²) < 4.78 is 5.19. The van der Waals surface area contributed by atoms with E-state index < -0.39 is 0 Å². The van der Waals surface area contributed by atoms with Gasteiger partial charge in [0, 0.05) is 33.7 Å². The number of nitrogens with zero attached hydrogens (tertiary/aromatic N) is 1. The third-order valence-corrected chi connectivity index (χ3v) is 8.63. The SMILES string of the molecule is C=C(Nc1nc(-c2cccc(C(=O)Nc3ccc(OC)c(Cl)c3)c2)cs1)C(N)=C1c2ccccc2C(C)c2ccccc21. The van der Waals surface area contributed by atoms with Gasteiger partial charge in [-0.1, -0.05) is 85.8 Å². The number of hydrogen-bond donors (Lipinski definition) is 3. The quantitative estimate of drug-likeness (QED) is 0.173. The molecule has 5 aromatic rings. The summed E-state index contributed by atoms with van der Waals surface area (Å²) in [7, 11) is 1.54. The lowest BCUT2D eigenvalue weighted by Crippen LogP contribution is -2.17. The molecule has 8 heteroatoms. The maximum absolute atomic E-state index is 13.0. The summed E-state index contributed by atoms with van der Waals surface area (Å²) in [5.41, 5.74) is 16.2. The molecule has 0 radical (unpaired) electrons. The Labute approximate surface area is 259 Å². The number of ether oxygens (including phenoxy) is 1. The summed E-state index contributed by atoms with van der Waals surface area (Å²) in [6, 6.07) is 29.2. The molecule has 1 aliphatic rings. The zero-order valence-electron chi connectivity index (χ0n) is 23.6. The number of hydrogen-bond acceptors (Lipinski definition) is 6. The number of carbonyl (C=O) groups is 1. The van der Waals surface area contributed by atoms with E-state index in [-0.39, 0.29) is 11.8 Å². The maximum atomic E-state index is 13.0. The van der Waals surface area contributed by atoms with E-state index >= 15 is 0 Å². The van der Waals surface area contributed by atoms with Crippen LogP contribution in [0, 0.1) is 0 Å². The molecule has 6 rings (SSSR count). The van der Waals surface area contributed by atoms with Crippen LogP contribution < -0.4 is 21.1 Å². The van der Waals surface area contributed by atoms with Gasteiger partial charge in [0.1, 0.15) is 5.75 Å². The Bertz CT molecular complexity index is 1860. The highest BCUT2D eigenvalue weighted by atomic mass is 35.5. The number of aromatic nitrogens is 1. The molecule has 0 saturated carbocycles. The number of nitrogens with one attached hydrogen (secondary N) is 2. The molecule has 1 heterocycles. The van der Waals surface area contributed by atoms with E-state index in [1.165, 1.54) is 22.5 Å². The molecular formula is C35H29ClN4O2S. The first-order valence-electron chi connectivity index (χ1n) is 13.7. The van der Waals surface area contributed by atoms with E-state index in [4.69, 9.17) is 27.1 Å². The second-order valence-electron chi connectivity index (χ2n) is 10.2. The molecule has 6 nitrogen and oxygen atoms in total. The number of amides is 1. The highest BCUT2D eigenvalue weighted by Crippen LogP contribution is 2.44. The van der Waals surface area contributed by atoms with E-state index in [0.717, 1.165) is 28.0 Å². The van der Waals surface area contributed by atoms with Gasteiger partial charge in [0.25, 0.3) is 5.91 Å². The number of benzene rings is 4. The smallest absolute Gasteiger partial charge is 0.255 e. The van der Waals surface area contributed by atoms with Crippen molar-refractivity contribution in [1.29, 1.82) is 0 Å². The van der Waals surface area contributed by atoms with Gasteiger partial charge >= 0.3 is 0 Å². The van der Waals surface area contributed by atoms with Crippen molar-refractivity contribution in [1.82, 2.24) is 4.98 Å². The second-order valence-corrected chi connectivity index (χ2v) is 11.5. The third kappa shape index (κ3) is 5.52. The third-order valence-electron chi connectivity index (χ3n) is 7.58. The average Bonchev–Trinajstić information content (AvgIpc) is 3.50. The van der Waals surface area contributed by atoms with Crippen LogP contribution in [0.4, 0.5) is 10.8 Å². The Hall–Kier alpha value is -4.85. The minimum Gasteiger partial charge on any atom is -0.495 e. The van der Waals surface area contributed by atoms with Crippen molar-refractivity contribution in [2.45, 2.75) is 12.8 Å². The number of anilines is 2. The summed E-state index contributed by atoms with van der Waals surface area (Å²) in [6.07, 6.45) is 0. The summed E-state index contributed by atoms with van der Waals surface area (Å²) in [5, 5.41) is 9.20. The number of methoxy groups -OCH3 is 1. The van der Waals surface area contributed by atoms with Gasteiger partial charge in [-0.25, -0.2) is 4.98 Å². The molecule has 0 saturated heterocycles. The molecular weight excluding hydrogens is 576 g/mol. The van der Waals surface area contributed by atoms with Crippen molar-refractivity contribution in [3.05, 3.63) is 147 Å². The number of nitrogens with two attached hydrogens (primary N) is 1. The van der Waals surface area contributed by atoms with E-state index in [9.17, 15) is 4.79 Å². The first-order valence-corrected chi connectivity index (χ1v) is 14.9. The van der Waals surface area contributed by atoms with Crippen molar-refractivity contribution < 1.29 is 9.53 Å². The highest BCUT2D eigenvalue weighted by molar-refractivity contribution is 7.14. The summed E-state index contributed by atoms with van der Waals surface area (Å²) in [6.45, 7) is 6.49. The Balaban J connectivity index is 1.23. The summed E-state index contributed by atoms with van der Waals surface area (Å²) >= 11 is 7.65. The van der Waals surface area contributed by atoms with Gasteiger partial charge in [-0.15, -0.1) is 11.3 Å². The van der Waals surface area contributed by atoms with Gasteiger partial charge < -0.3 is 21.1 Å². The van der Waals surface area contributed by atoms with Gasteiger partial charge in [0.15, 0.2) is 5.13 Å². The zero-order chi connectivity index (χ0) is 30.1. The first kappa shape index (κ1) is 28.3. The van der Waals surface area contributed by atoms with Crippen molar-refractivity contribution in [2.24, 2.45) is 5.73 Å². The molecule has 43 heavy (non-hydrogen) atoms. The van der Waals surface area contributed by atoms with Crippen LogP contribution in [0.25, 0.3) is 16.8 Å². The largest absolute Gasteiger partial charge is 0.495 e. The number of fused-ring (bicyclic) bond motifs is 2. The van der Waals surface area contributed by atoms with Crippen molar-refractivity contribution in [3.63, 3.8) is 0 Å². The summed E-state index contributed by atoms with van der Waals surface area (Å²) in [5.74, 6) is 0.545. The number of thiazole rings is 1. The fourth-order valence-corrected chi connectivity index (χ4v) is 6.39. The molecule has 1 aliphatic carbocycles. The van der Waals surface area contributed by atoms with E-state index in [1.807, 2.05) is 35.7 Å². The first-order chi connectivity index (χ1) is 20.8. The van der Waals surface area contributed by atoms with Gasteiger partial charge in [-0.3, -0.25) is 4.79 Å². The average molecular weight is 605 g/mol. The molecule has 4 N–H and O–H groups in total. The molecule has 0 aliphatic heterocycles.